The molecule has 0 saturated carbocycles. The first kappa shape index (κ1) is 20.6. The lowest BCUT2D eigenvalue weighted by Gasteiger charge is -2.05. The Balaban J connectivity index is 1.99. The molecule has 4 aromatic heterocycles. The van der Waals surface area contributed by atoms with Gasteiger partial charge in [-0.15, -0.1) is 11.3 Å². The average Bonchev–Trinajstić information content (AvgIpc) is 3.43. The van der Waals surface area contributed by atoms with Crippen molar-refractivity contribution < 1.29 is 14.3 Å². The van der Waals surface area contributed by atoms with Crippen LogP contribution in [0.15, 0.2) is 12.3 Å². The van der Waals surface area contributed by atoms with Crippen molar-refractivity contribution in [2.75, 3.05) is 0 Å². The largest absolute Gasteiger partial charge is 0.424 e. The van der Waals surface area contributed by atoms with Crippen molar-refractivity contribution in [2.45, 2.75) is 26.9 Å². The lowest BCUT2D eigenvalue weighted by molar-refractivity contribution is -0.120. The van der Waals surface area contributed by atoms with Crippen LogP contribution in [0.4, 0.5) is 0 Å². The monoisotopic (exact) mass is 440 g/mol. The van der Waals surface area contributed by atoms with Gasteiger partial charge in [0.05, 0.1) is 11.7 Å². The highest BCUT2D eigenvalue weighted by molar-refractivity contribution is 7.15. The molecule has 0 aliphatic heterocycles. The van der Waals surface area contributed by atoms with E-state index in [2.05, 4.69) is 15.2 Å². The maximum absolute atomic E-state index is 11.9. The number of nitrogens with zero attached hydrogens (tertiary/aromatic N) is 6. The minimum absolute atomic E-state index is 0.100. The first-order valence-corrected chi connectivity index (χ1v) is 10.2. The summed E-state index contributed by atoms with van der Waals surface area (Å²) in [6.45, 7) is 4.79. The number of hydrogen-bond acceptors (Lipinski definition) is 9. The Morgan fingerprint density at radius 3 is 2.74 bits per heavy atom. The van der Waals surface area contributed by atoms with Crippen molar-refractivity contribution >= 4 is 34.6 Å². The van der Waals surface area contributed by atoms with Crippen molar-refractivity contribution in [3.8, 4) is 27.8 Å². The molecule has 0 saturated heterocycles. The van der Waals surface area contributed by atoms with E-state index in [0.717, 1.165) is 4.88 Å². The standard InChI is InChI=1S/C19H20N8O3S/c1-4-27-16(17(30-8-28)9(2)25-27)19-24-15(13(6-20)31-19)14-10-7-22-26(3)12(10)5-11(23-14)18(21)29/h5,7-8H,4,6,20H2,1-3H3,(H2,21,29). The predicted octanol–water partition coefficient (Wildman–Crippen LogP) is 1.38. The summed E-state index contributed by atoms with van der Waals surface area (Å²) >= 11 is 1.34. The zero-order valence-corrected chi connectivity index (χ0v) is 17.9. The van der Waals surface area contributed by atoms with Crippen LogP contribution in [-0.2, 0) is 24.9 Å². The van der Waals surface area contributed by atoms with E-state index >= 15 is 0 Å². The minimum atomic E-state index is -0.657. The molecule has 0 fully saturated rings. The molecule has 0 atom stereocenters. The van der Waals surface area contributed by atoms with Crippen LogP contribution in [0.3, 0.4) is 0 Å². The van der Waals surface area contributed by atoms with Crippen LogP contribution in [0.5, 0.6) is 5.75 Å². The molecule has 11 nitrogen and oxygen atoms in total. The highest BCUT2D eigenvalue weighted by Crippen LogP contribution is 2.40. The van der Waals surface area contributed by atoms with Gasteiger partial charge in [-0.05, 0) is 19.9 Å². The van der Waals surface area contributed by atoms with E-state index in [-0.39, 0.29) is 12.2 Å². The fourth-order valence-corrected chi connectivity index (χ4v) is 4.40. The molecule has 4 rings (SSSR count). The molecule has 0 aliphatic rings. The van der Waals surface area contributed by atoms with Gasteiger partial charge in [0.2, 0.25) is 0 Å². The Hall–Kier alpha value is -3.64. The van der Waals surface area contributed by atoms with E-state index in [4.69, 9.17) is 21.2 Å². The lowest BCUT2D eigenvalue weighted by atomic mass is 10.1. The number of thiazole rings is 1. The van der Waals surface area contributed by atoms with Gasteiger partial charge in [-0.25, -0.2) is 9.97 Å². The lowest BCUT2D eigenvalue weighted by Crippen LogP contribution is -2.14. The van der Waals surface area contributed by atoms with Gasteiger partial charge in [0.25, 0.3) is 12.4 Å². The zero-order chi connectivity index (χ0) is 22.3. The molecule has 4 aromatic rings. The number of aromatic nitrogens is 6. The van der Waals surface area contributed by atoms with Gasteiger partial charge in [-0.2, -0.15) is 10.2 Å². The van der Waals surface area contributed by atoms with Crippen molar-refractivity contribution in [1.29, 1.82) is 0 Å². The molecule has 0 aromatic carbocycles. The van der Waals surface area contributed by atoms with Crippen LogP contribution >= 0.6 is 11.3 Å². The van der Waals surface area contributed by atoms with E-state index in [1.165, 1.54) is 11.3 Å². The van der Waals surface area contributed by atoms with Crippen molar-refractivity contribution in [1.82, 2.24) is 29.5 Å². The van der Waals surface area contributed by atoms with Crippen LogP contribution in [0.2, 0.25) is 0 Å². The number of ether oxygens (including phenoxy) is 1. The highest BCUT2D eigenvalue weighted by atomic mass is 32.1. The number of amides is 1. The fourth-order valence-electron chi connectivity index (χ4n) is 3.42. The number of hydrogen-bond donors (Lipinski definition) is 2. The molecular formula is C19H20N8O3S. The second-order valence-corrected chi connectivity index (χ2v) is 7.79. The van der Waals surface area contributed by atoms with Gasteiger partial charge in [0.1, 0.15) is 33.5 Å². The number of carbonyl (C=O) groups is 2. The molecule has 4 N–H and O–H groups in total. The third-order valence-corrected chi connectivity index (χ3v) is 5.93. The number of rotatable bonds is 7. The number of carbonyl (C=O) groups excluding carboxylic acids is 2. The van der Waals surface area contributed by atoms with Crippen molar-refractivity contribution in [3.63, 3.8) is 0 Å². The Morgan fingerprint density at radius 1 is 1.32 bits per heavy atom. The molecule has 1 amide bonds. The maximum atomic E-state index is 11.9. The summed E-state index contributed by atoms with van der Waals surface area (Å²) in [6, 6.07) is 1.59. The Bertz CT molecular complexity index is 1320. The first-order chi connectivity index (χ1) is 14.9. The summed E-state index contributed by atoms with van der Waals surface area (Å²) in [6.07, 6.45) is 1.66. The predicted molar refractivity (Wildman–Crippen MR) is 114 cm³/mol. The SMILES string of the molecule is CCn1nc(C)c(OC=O)c1-c1nc(-c2nc(C(N)=O)cc3c2cnn3C)c(CN)s1. The number of nitrogens with two attached hydrogens (primary N) is 2. The number of aryl methyl sites for hydroxylation is 3. The fraction of sp³-hybridized carbons (Fsp3) is 0.263. The van der Waals surface area contributed by atoms with Gasteiger partial charge < -0.3 is 16.2 Å². The summed E-state index contributed by atoms with van der Waals surface area (Å²) < 4.78 is 8.54. The molecule has 0 aliphatic carbocycles. The van der Waals surface area contributed by atoms with Crippen LogP contribution in [-0.4, -0.2) is 41.9 Å². The topological polar surface area (TPSA) is 157 Å². The smallest absolute Gasteiger partial charge is 0.298 e. The summed E-state index contributed by atoms with van der Waals surface area (Å²) in [5.74, 6) is -0.318. The normalized spacial score (nSPS) is 11.2. The number of pyridine rings is 1. The quantitative estimate of drug-likeness (QED) is 0.408. The van der Waals surface area contributed by atoms with Crippen molar-refractivity contribution in [2.24, 2.45) is 18.5 Å². The van der Waals surface area contributed by atoms with Gasteiger partial charge in [-0.1, -0.05) is 0 Å². The molecular weight excluding hydrogens is 420 g/mol. The molecule has 4 heterocycles. The van der Waals surface area contributed by atoms with E-state index in [1.807, 2.05) is 6.92 Å². The molecule has 0 bridgehead atoms. The highest BCUT2D eigenvalue weighted by Gasteiger charge is 2.25. The third kappa shape index (κ3) is 3.35. The Labute approximate surface area is 180 Å². The molecule has 160 valence electrons. The third-order valence-electron chi connectivity index (χ3n) is 4.85. The van der Waals surface area contributed by atoms with E-state index < -0.39 is 5.91 Å². The van der Waals surface area contributed by atoms with Crippen LogP contribution < -0.4 is 16.2 Å². The molecule has 0 radical (unpaired) electrons. The second kappa shape index (κ2) is 7.89. The summed E-state index contributed by atoms with van der Waals surface area (Å²) in [4.78, 5) is 32.9. The van der Waals surface area contributed by atoms with E-state index in [0.29, 0.717) is 57.5 Å². The van der Waals surface area contributed by atoms with Gasteiger partial charge in [0, 0.05) is 30.4 Å². The maximum Gasteiger partial charge on any atom is 0.298 e. The Kier molecular flexibility index (Phi) is 5.25. The molecule has 0 spiro atoms. The molecule has 12 heteroatoms. The minimum Gasteiger partial charge on any atom is -0.424 e. The Morgan fingerprint density at radius 2 is 2.10 bits per heavy atom. The van der Waals surface area contributed by atoms with E-state index in [9.17, 15) is 9.59 Å². The summed E-state index contributed by atoms with van der Waals surface area (Å²) in [5, 5.41) is 9.98. The summed E-state index contributed by atoms with van der Waals surface area (Å²) in [7, 11) is 1.76. The molecule has 31 heavy (non-hydrogen) atoms. The zero-order valence-electron chi connectivity index (χ0n) is 17.1. The summed E-state index contributed by atoms with van der Waals surface area (Å²) in [5.41, 5.74) is 14.4. The van der Waals surface area contributed by atoms with Crippen LogP contribution in [0.1, 0.15) is 28.0 Å². The first-order valence-electron chi connectivity index (χ1n) is 9.40. The van der Waals surface area contributed by atoms with E-state index in [1.54, 1.807) is 35.6 Å². The second-order valence-electron chi connectivity index (χ2n) is 6.71. The number of primary amides is 1. The van der Waals surface area contributed by atoms with Gasteiger partial charge in [0.15, 0.2) is 5.75 Å². The van der Waals surface area contributed by atoms with Gasteiger partial charge >= 0.3 is 0 Å². The van der Waals surface area contributed by atoms with Crippen LogP contribution in [0.25, 0.3) is 33.0 Å². The number of fused-ring (bicyclic) bond motifs is 1. The average molecular weight is 440 g/mol. The van der Waals surface area contributed by atoms with Crippen molar-refractivity contribution in [3.05, 3.63) is 28.5 Å². The molecule has 0 unspecified atom stereocenters. The van der Waals surface area contributed by atoms with Gasteiger partial charge in [-0.3, -0.25) is 19.0 Å². The van der Waals surface area contributed by atoms with Crippen LogP contribution in [0, 0.1) is 6.92 Å².